The van der Waals surface area contributed by atoms with Crippen LogP contribution in [0.5, 0.6) is 0 Å². The van der Waals surface area contributed by atoms with Crippen molar-refractivity contribution in [2.75, 3.05) is 13.2 Å². The molecule has 0 radical (unpaired) electrons. The predicted molar refractivity (Wildman–Crippen MR) is 99.2 cm³/mol. The molecule has 144 valence electrons. The molecular formula is C19H25N5O3. The molecule has 0 aliphatic carbocycles. The number of carbonyl (C=O) groups excluding carboxylic acids is 2. The lowest BCUT2D eigenvalue weighted by atomic mass is 9.94. The fourth-order valence-electron chi connectivity index (χ4n) is 3.24. The van der Waals surface area contributed by atoms with Gasteiger partial charge in [0.25, 0.3) is 11.8 Å². The zero-order chi connectivity index (χ0) is 19.2. The number of carbonyl (C=O) groups is 2. The molecule has 0 saturated carbocycles. The molecule has 3 heterocycles. The summed E-state index contributed by atoms with van der Waals surface area (Å²) in [4.78, 5) is 28.7. The van der Waals surface area contributed by atoms with Crippen LogP contribution in [0.15, 0.2) is 30.7 Å². The molecule has 2 atom stereocenters. The third kappa shape index (κ3) is 4.51. The van der Waals surface area contributed by atoms with E-state index in [1.54, 1.807) is 30.7 Å². The number of aryl methyl sites for hydroxylation is 1. The number of pyridine rings is 1. The molecule has 0 aromatic carbocycles. The molecule has 1 aliphatic rings. The lowest BCUT2D eigenvalue weighted by molar-refractivity contribution is 0.0909. The molecule has 3 rings (SSSR count). The molecule has 1 aliphatic heterocycles. The minimum Gasteiger partial charge on any atom is -0.394 e. The van der Waals surface area contributed by atoms with Gasteiger partial charge in [-0.3, -0.25) is 19.3 Å². The van der Waals surface area contributed by atoms with Crippen LogP contribution in [0.3, 0.4) is 0 Å². The maximum atomic E-state index is 12.5. The number of hydrogen-bond acceptors (Lipinski definition) is 5. The summed E-state index contributed by atoms with van der Waals surface area (Å²) in [6.45, 7) is 3.08. The van der Waals surface area contributed by atoms with Crippen LogP contribution in [-0.2, 0) is 13.0 Å². The lowest BCUT2D eigenvalue weighted by Gasteiger charge is -2.24. The maximum absolute atomic E-state index is 12.5. The Morgan fingerprint density at radius 1 is 1.37 bits per heavy atom. The van der Waals surface area contributed by atoms with Crippen LogP contribution < -0.4 is 10.6 Å². The van der Waals surface area contributed by atoms with Crippen LogP contribution in [0.2, 0.25) is 0 Å². The average Bonchev–Trinajstić information content (AvgIpc) is 3.14. The van der Waals surface area contributed by atoms with Gasteiger partial charge in [0, 0.05) is 25.5 Å². The second-order valence-corrected chi connectivity index (χ2v) is 6.80. The second-order valence-electron chi connectivity index (χ2n) is 6.80. The Labute approximate surface area is 158 Å². The Kier molecular flexibility index (Phi) is 6.18. The van der Waals surface area contributed by atoms with Crippen molar-refractivity contribution >= 4 is 11.8 Å². The summed E-state index contributed by atoms with van der Waals surface area (Å²) in [5.41, 5.74) is 1.96. The molecular weight excluding hydrogens is 346 g/mol. The van der Waals surface area contributed by atoms with Crippen LogP contribution in [0.4, 0.5) is 0 Å². The molecule has 0 saturated heterocycles. The van der Waals surface area contributed by atoms with E-state index in [1.807, 2.05) is 11.6 Å². The van der Waals surface area contributed by atoms with E-state index in [-0.39, 0.29) is 30.4 Å². The van der Waals surface area contributed by atoms with Gasteiger partial charge in [0.05, 0.1) is 35.7 Å². The Bertz CT molecular complexity index is 786. The number of aliphatic hydroxyl groups is 1. The average molecular weight is 371 g/mol. The normalized spacial score (nSPS) is 17.0. The van der Waals surface area contributed by atoms with Crippen molar-refractivity contribution in [2.24, 2.45) is 5.92 Å². The smallest absolute Gasteiger partial charge is 0.255 e. The van der Waals surface area contributed by atoms with E-state index in [4.69, 9.17) is 0 Å². The van der Waals surface area contributed by atoms with Crippen LogP contribution in [0.1, 0.15) is 46.2 Å². The van der Waals surface area contributed by atoms with E-state index in [9.17, 15) is 14.7 Å². The minimum atomic E-state index is -0.258. The third-order valence-electron chi connectivity index (χ3n) is 4.95. The van der Waals surface area contributed by atoms with Crippen molar-refractivity contribution in [2.45, 2.75) is 38.8 Å². The standard InChI is InChI=1S/C19H25N5O3/c1-2-15(12-25)23-19(27)16-11-22-24-7-5-13(8-17(16)24)9-21-18(26)14-4-3-6-20-10-14/h3-4,6,10-11,13,15,25H,2,5,7-9,12H2,1H3,(H,21,26)(H,23,27)/t13?,15-/m0/s1. The van der Waals surface area contributed by atoms with Gasteiger partial charge < -0.3 is 15.7 Å². The highest BCUT2D eigenvalue weighted by atomic mass is 16.3. The number of fused-ring (bicyclic) bond motifs is 1. The fraction of sp³-hybridized carbons (Fsp3) is 0.474. The Morgan fingerprint density at radius 2 is 2.22 bits per heavy atom. The van der Waals surface area contributed by atoms with E-state index in [0.717, 1.165) is 12.1 Å². The summed E-state index contributed by atoms with van der Waals surface area (Å²) in [6.07, 6.45) is 6.98. The third-order valence-corrected chi connectivity index (χ3v) is 4.95. The van der Waals surface area contributed by atoms with Gasteiger partial charge in [-0.1, -0.05) is 6.92 Å². The molecule has 2 amide bonds. The van der Waals surface area contributed by atoms with Gasteiger partial charge in [0.1, 0.15) is 0 Å². The summed E-state index contributed by atoms with van der Waals surface area (Å²) in [5, 5.41) is 19.4. The number of nitrogens with one attached hydrogen (secondary N) is 2. The van der Waals surface area contributed by atoms with Crippen molar-refractivity contribution in [3.8, 4) is 0 Å². The lowest BCUT2D eigenvalue weighted by Crippen LogP contribution is -2.38. The van der Waals surface area contributed by atoms with Gasteiger partial charge in [0.15, 0.2) is 0 Å². The molecule has 1 unspecified atom stereocenters. The largest absolute Gasteiger partial charge is 0.394 e. The first-order valence-electron chi connectivity index (χ1n) is 9.27. The van der Waals surface area contributed by atoms with Gasteiger partial charge in [-0.2, -0.15) is 5.10 Å². The van der Waals surface area contributed by atoms with E-state index >= 15 is 0 Å². The zero-order valence-corrected chi connectivity index (χ0v) is 15.4. The van der Waals surface area contributed by atoms with Gasteiger partial charge >= 0.3 is 0 Å². The fourth-order valence-corrected chi connectivity index (χ4v) is 3.24. The Balaban J connectivity index is 1.61. The van der Waals surface area contributed by atoms with Crippen LogP contribution >= 0.6 is 0 Å². The SMILES string of the molecule is CC[C@@H](CO)NC(=O)c1cnn2c1CC(CNC(=O)c1cccnc1)CC2. The van der Waals surface area contributed by atoms with Crippen molar-refractivity contribution in [3.05, 3.63) is 47.5 Å². The molecule has 2 aromatic rings. The monoisotopic (exact) mass is 371 g/mol. The molecule has 27 heavy (non-hydrogen) atoms. The predicted octanol–water partition coefficient (Wildman–Crippen LogP) is 0.771. The van der Waals surface area contributed by atoms with E-state index in [2.05, 4.69) is 20.7 Å². The maximum Gasteiger partial charge on any atom is 0.255 e. The molecule has 0 fully saturated rings. The van der Waals surface area contributed by atoms with E-state index in [1.165, 1.54) is 0 Å². The second kappa shape index (κ2) is 8.77. The highest BCUT2D eigenvalue weighted by Gasteiger charge is 2.26. The summed E-state index contributed by atoms with van der Waals surface area (Å²) < 4.78 is 1.86. The summed E-state index contributed by atoms with van der Waals surface area (Å²) in [6, 6.07) is 3.20. The number of aliphatic hydroxyl groups excluding tert-OH is 1. The Hall–Kier alpha value is -2.74. The van der Waals surface area contributed by atoms with Crippen molar-refractivity contribution in [1.29, 1.82) is 0 Å². The first-order chi connectivity index (χ1) is 13.1. The van der Waals surface area contributed by atoms with Gasteiger partial charge in [-0.05, 0) is 37.3 Å². The van der Waals surface area contributed by atoms with Gasteiger partial charge in [-0.15, -0.1) is 0 Å². The summed E-state index contributed by atoms with van der Waals surface area (Å²) in [5.74, 6) is -0.118. The molecule has 0 bridgehead atoms. The van der Waals surface area contributed by atoms with Crippen molar-refractivity contribution in [3.63, 3.8) is 0 Å². The molecule has 2 aromatic heterocycles. The number of hydrogen-bond donors (Lipinski definition) is 3. The van der Waals surface area contributed by atoms with Crippen LogP contribution in [0, 0.1) is 5.92 Å². The first-order valence-corrected chi connectivity index (χ1v) is 9.27. The van der Waals surface area contributed by atoms with Crippen LogP contribution in [-0.4, -0.2) is 50.9 Å². The summed E-state index contributed by atoms with van der Waals surface area (Å²) >= 11 is 0. The number of nitrogens with zero attached hydrogens (tertiary/aromatic N) is 3. The number of amides is 2. The molecule has 0 spiro atoms. The molecule has 8 heteroatoms. The van der Waals surface area contributed by atoms with E-state index < -0.39 is 0 Å². The van der Waals surface area contributed by atoms with Gasteiger partial charge in [-0.25, -0.2) is 0 Å². The van der Waals surface area contributed by atoms with Gasteiger partial charge in [0.2, 0.25) is 0 Å². The zero-order valence-electron chi connectivity index (χ0n) is 15.4. The van der Waals surface area contributed by atoms with Crippen LogP contribution in [0.25, 0.3) is 0 Å². The van der Waals surface area contributed by atoms with E-state index in [0.29, 0.717) is 37.1 Å². The molecule has 8 nitrogen and oxygen atoms in total. The number of aromatic nitrogens is 3. The number of rotatable bonds is 7. The quantitative estimate of drug-likeness (QED) is 0.666. The Morgan fingerprint density at radius 3 is 2.93 bits per heavy atom. The summed E-state index contributed by atoms with van der Waals surface area (Å²) in [7, 11) is 0. The highest BCUT2D eigenvalue weighted by molar-refractivity contribution is 5.95. The highest BCUT2D eigenvalue weighted by Crippen LogP contribution is 2.23. The molecule has 3 N–H and O–H groups in total. The minimum absolute atomic E-state index is 0.0886. The first kappa shape index (κ1) is 19.0. The van der Waals surface area contributed by atoms with Crippen molar-refractivity contribution < 1.29 is 14.7 Å². The topological polar surface area (TPSA) is 109 Å². The van der Waals surface area contributed by atoms with Crippen molar-refractivity contribution in [1.82, 2.24) is 25.4 Å².